The van der Waals surface area contributed by atoms with E-state index in [1.807, 2.05) is 6.07 Å². The molecule has 1 atom stereocenters. The van der Waals surface area contributed by atoms with Gasteiger partial charge in [0.1, 0.15) is 11.6 Å². The van der Waals surface area contributed by atoms with Gasteiger partial charge in [0.05, 0.1) is 11.9 Å². The van der Waals surface area contributed by atoms with Gasteiger partial charge in [0.15, 0.2) is 0 Å². The summed E-state index contributed by atoms with van der Waals surface area (Å²) in [6.45, 7) is 2.13. The number of nitrogens with one attached hydrogen (secondary N) is 2. The molecule has 0 amide bonds. The van der Waals surface area contributed by atoms with Crippen LogP contribution in [0.4, 0.5) is 4.39 Å². The van der Waals surface area contributed by atoms with Crippen molar-refractivity contribution < 1.29 is 4.39 Å². The topological polar surface area (TPSA) is 40.7 Å². The number of aromatic nitrogens is 2. The lowest BCUT2D eigenvalue weighted by Crippen LogP contribution is -2.11. The summed E-state index contributed by atoms with van der Waals surface area (Å²) >= 11 is 3.26. The highest BCUT2D eigenvalue weighted by molar-refractivity contribution is 9.10. The highest BCUT2D eigenvalue weighted by atomic mass is 79.9. The maximum Gasteiger partial charge on any atom is 0.133 e. The highest BCUT2D eigenvalue weighted by Gasteiger charge is 2.17. The van der Waals surface area contributed by atoms with Gasteiger partial charge in [-0.1, -0.05) is 15.9 Å². The number of halogens is 2. The van der Waals surface area contributed by atoms with Crippen LogP contribution in [0, 0.1) is 11.7 Å². The minimum absolute atomic E-state index is 0.243. The van der Waals surface area contributed by atoms with Crippen LogP contribution in [0.25, 0.3) is 11.3 Å². The minimum atomic E-state index is -0.243. The Kier molecular flexibility index (Phi) is 3.66. The quantitative estimate of drug-likeness (QED) is 0.911. The number of rotatable bonds is 3. The zero-order chi connectivity index (χ0) is 13.2. The lowest BCUT2D eigenvalue weighted by Gasteiger charge is -2.05. The van der Waals surface area contributed by atoms with Crippen LogP contribution in [0.1, 0.15) is 12.2 Å². The van der Waals surface area contributed by atoms with Gasteiger partial charge in [-0.3, -0.25) is 0 Å². The average molecular weight is 324 g/mol. The number of imidazole rings is 1. The van der Waals surface area contributed by atoms with Crippen LogP contribution in [0.15, 0.2) is 28.9 Å². The molecule has 0 radical (unpaired) electrons. The van der Waals surface area contributed by atoms with E-state index < -0.39 is 0 Å². The normalized spacial score (nSPS) is 18.9. The molecule has 1 aliphatic heterocycles. The molecule has 0 spiro atoms. The first-order valence-electron chi connectivity index (χ1n) is 6.42. The zero-order valence-corrected chi connectivity index (χ0v) is 12.0. The minimum Gasteiger partial charge on any atom is -0.342 e. The summed E-state index contributed by atoms with van der Waals surface area (Å²) < 4.78 is 14.6. The Morgan fingerprint density at radius 1 is 1.42 bits per heavy atom. The van der Waals surface area contributed by atoms with Crippen LogP contribution in [0.2, 0.25) is 0 Å². The van der Waals surface area contributed by atoms with Gasteiger partial charge in [-0.25, -0.2) is 9.37 Å². The first-order chi connectivity index (χ1) is 9.22. The first kappa shape index (κ1) is 12.8. The maximum absolute atomic E-state index is 13.9. The van der Waals surface area contributed by atoms with Gasteiger partial charge in [-0.15, -0.1) is 0 Å². The Morgan fingerprint density at radius 2 is 2.32 bits per heavy atom. The number of nitrogens with zero attached hydrogens (tertiary/aromatic N) is 1. The molecule has 1 aliphatic rings. The summed E-state index contributed by atoms with van der Waals surface area (Å²) in [4.78, 5) is 7.58. The van der Waals surface area contributed by atoms with Crippen molar-refractivity contribution in [1.29, 1.82) is 0 Å². The van der Waals surface area contributed by atoms with E-state index in [0.29, 0.717) is 11.5 Å². The average Bonchev–Trinajstić information content (AvgIpc) is 3.01. The van der Waals surface area contributed by atoms with E-state index in [9.17, 15) is 4.39 Å². The van der Waals surface area contributed by atoms with Crippen LogP contribution >= 0.6 is 15.9 Å². The smallest absolute Gasteiger partial charge is 0.133 e. The number of H-pyrrole nitrogens is 1. The fourth-order valence-electron chi connectivity index (χ4n) is 2.47. The van der Waals surface area contributed by atoms with Crippen molar-refractivity contribution in [3.8, 4) is 11.3 Å². The Morgan fingerprint density at radius 3 is 3.05 bits per heavy atom. The van der Waals surface area contributed by atoms with Crippen molar-refractivity contribution in [2.24, 2.45) is 5.92 Å². The van der Waals surface area contributed by atoms with E-state index in [0.717, 1.165) is 35.5 Å². The number of benzene rings is 1. The van der Waals surface area contributed by atoms with Crippen molar-refractivity contribution in [3.05, 3.63) is 40.5 Å². The first-order valence-corrected chi connectivity index (χ1v) is 7.21. The molecule has 0 bridgehead atoms. The number of hydrogen-bond acceptors (Lipinski definition) is 2. The van der Waals surface area contributed by atoms with Crippen LogP contribution in [-0.2, 0) is 6.42 Å². The molecule has 100 valence electrons. The predicted molar refractivity (Wildman–Crippen MR) is 76.4 cm³/mol. The Balaban J connectivity index is 1.80. The lowest BCUT2D eigenvalue weighted by atomic mass is 10.1. The van der Waals surface area contributed by atoms with Gasteiger partial charge in [-0.05, 0) is 43.6 Å². The molecular weight excluding hydrogens is 309 g/mol. The highest BCUT2D eigenvalue weighted by Crippen LogP contribution is 2.24. The molecule has 1 unspecified atom stereocenters. The second-order valence-corrected chi connectivity index (χ2v) is 5.85. The van der Waals surface area contributed by atoms with Gasteiger partial charge >= 0.3 is 0 Å². The third-order valence-corrected chi connectivity index (χ3v) is 3.99. The predicted octanol–water partition coefficient (Wildman–Crippen LogP) is 3.13. The summed E-state index contributed by atoms with van der Waals surface area (Å²) in [6, 6.07) is 5.06. The Bertz CT molecular complexity index is 576. The molecular formula is C14H15BrFN3. The second-order valence-electron chi connectivity index (χ2n) is 4.93. The van der Waals surface area contributed by atoms with Gasteiger partial charge in [0, 0.05) is 16.5 Å². The van der Waals surface area contributed by atoms with Gasteiger partial charge in [0.25, 0.3) is 0 Å². The molecule has 0 aliphatic carbocycles. The second kappa shape index (κ2) is 5.43. The van der Waals surface area contributed by atoms with E-state index in [2.05, 4.69) is 31.2 Å². The summed E-state index contributed by atoms with van der Waals surface area (Å²) in [5.41, 5.74) is 1.30. The molecule has 2 aromatic rings. The Labute approximate surface area is 119 Å². The molecule has 1 aromatic heterocycles. The van der Waals surface area contributed by atoms with E-state index in [1.54, 1.807) is 12.3 Å². The molecule has 3 nitrogen and oxygen atoms in total. The monoisotopic (exact) mass is 323 g/mol. The van der Waals surface area contributed by atoms with Crippen LogP contribution in [0.5, 0.6) is 0 Å². The van der Waals surface area contributed by atoms with Gasteiger partial charge in [0.2, 0.25) is 0 Å². The third kappa shape index (κ3) is 2.87. The van der Waals surface area contributed by atoms with Crippen LogP contribution in [-0.4, -0.2) is 23.1 Å². The summed E-state index contributed by atoms with van der Waals surface area (Å²) in [7, 11) is 0. The lowest BCUT2D eigenvalue weighted by molar-refractivity contribution is 0.565. The standard InChI is InChI=1S/C14H15BrFN3/c15-10-1-2-11(12(16)6-10)13-8-18-14(19-13)5-9-3-4-17-7-9/h1-2,6,8-9,17H,3-5,7H2,(H,18,19). The summed E-state index contributed by atoms with van der Waals surface area (Å²) in [5.74, 6) is 1.33. The van der Waals surface area contributed by atoms with Gasteiger partial charge in [-0.2, -0.15) is 0 Å². The van der Waals surface area contributed by atoms with Crippen molar-refractivity contribution in [2.45, 2.75) is 12.8 Å². The van der Waals surface area contributed by atoms with Crippen LogP contribution in [0.3, 0.4) is 0 Å². The summed E-state index contributed by atoms with van der Waals surface area (Å²) in [6.07, 6.45) is 3.82. The van der Waals surface area contributed by atoms with Crippen molar-refractivity contribution in [3.63, 3.8) is 0 Å². The van der Waals surface area contributed by atoms with E-state index in [-0.39, 0.29) is 5.82 Å². The molecule has 1 fully saturated rings. The molecule has 1 saturated heterocycles. The molecule has 2 heterocycles. The van der Waals surface area contributed by atoms with Gasteiger partial charge < -0.3 is 10.3 Å². The Hall–Kier alpha value is -1.20. The largest absolute Gasteiger partial charge is 0.342 e. The molecule has 2 N–H and O–H groups in total. The van der Waals surface area contributed by atoms with Crippen molar-refractivity contribution in [2.75, 3.05) is 13.1 Å². The van der Waals surface area contributed by atoms with Crippen molar-refractivity contribution >= 4 is 15.9 Å². The molecule has 5 heteroatoms. The van der Waals surface area contributed by atoms with E-state index >= 15 is 0 Å². The fraction of sp³-hybridized carbons (Fsp3) is 0.357. The molecule has 3 rings (SSSR count). The SMILES string of the molecule is Fc1cc(Br)ccc1-c1cnc(CC2CCNC2)[nH]1. The van der Waals surface area contributed by atoms with Crippen molar-refractivity contribution in [1.82, 2.24) is 15.3 Å². The van der Waals surface area contributed by atoms with E-state index in [4.69, 9.17) is 0 Å². The molecule has 19 heavy (non-hydrogen) atoms. The third-order valence-electron chi connectivity index (χ3n) is 3.49. The maximum atomic E-state index is 13.9. The van der Waals surface area contributed by atoms with Crippen LogP contribution < -0.4 is 5.32 Å². The molecule has 1 aromatic carbocycles. The zero-order valence-electron chi connectivity index (χ0n) is 10.4. The number of aromatic amines is 1. The fourth-order valence-corrected chi connectivity index (χ4v) is 2.81. The summed E-state index contributed by atoms with van der Waals surface area (Å²) in [5, 5.41) is 3.34. The van der Waals surface area contributed by atoms with E-state index in [1.165, 1.54) is 12.5 Å². The molecule has 0 saturated carbocycles. The number of hydrogen-bond donors (Lipinski definition) is 2.